The van der Waals surface area contributed by atoms with E-state index in [1.807, 2.05) is 37.3 Å². The van der Waals surface area contributed by atoms with Crippen molar-refractivity contribution in [3.05, 3.63) is 78.1 Å². The Hall–Kier alpha value is -3.33. The highest BCUT2D eigenvalue weighted by Crippen LogP contribution is 2.31. The first kappa shape index (κ1) is 20.9. The van der Waals surface area contributed by atoms with Gasteiger partial charge in [0.25, 0.3) is 0 Å². The first-order chi connectivity index (χ1) is 14.8. The second-order valence-electron chi connectivity index (χ2n) is 6.87. The first-order valence-electron chi connectivity index (χ1n) is 9.31. The monoisotopic (exact) mass is 442 g/mol. The van der Waals surface area contributed by atoms with Crippen molar-refractivity contribution >= 4 is 28.9 Å². The number of hydrogen-bond donors (Lipinski definition) is 1. The van der Waals surface area contributed by atoms with Gasteiger partial charge in [-0.05, 0) is 31.2 Å². The van der Waals surface area contributed by atoms with Crippen molar-refractivity contribution in [2.45, 2.75) is 18.1 Å². The molecule has 2 heterocycles. The van der Waals surface area contributed by atoms with Crippen molar-refractivity contribution in [2.24, 2.45) is 0 Å². The predicted octanol–water partition coefficient (Wildman–Crippen LogP) is 5.45. The summed E-state index contributed by atoms with van der Waals surface area (Å²) in [6.07, 6.45) is -1.15. The van der Waals surface area contributed by atoms with Crippen LogP contribution in [0.3, 0.4) is 0 Å². The van der Waals surface area contributed by atoms with Gasteiger partial charge in [0, 0.05) is 23.6 Å². The molecule has 0 saturated carbocycles. The van der Waals surface area contributed by atoms with Crippen LogP contribution in [0.4, 0.5) is 18.9 Å². The van der Waals surface area contributed by atoms with E-state index in [1.54, 1.807) is 16.9 Å². The lowest BCUT2D eigenvalue weighted by atomic mass is 10.1. The van der Waals surface area contributed by atoms with E-state index in [1.165, 1.54) is 23.9 Å². The Morgan fingerprint density at radius 3 is 2.65 bits per heavy atom. The summed E-state index contributed by atoms with van der Waals surface area (Å²) in [5.74, 6) is -0.431. The third-order valence-corrected chi connectivity index (χ3v) is 5.51. The molecule has 1 N–H and O–H groups in total. The number of carbonyl (C=O) groups is 1. The first-order valence-corrected chi connectivity index (χ1v) is 10.3. The second-order valence-corrected chi connectivity index (χ2v) is 7.84. The number of anilines is 1. The molecule has 0 atom stereocenters. The average molecular weight is 442 g/mol. The maximum atomic E-state index is 12.8. The number of hydrogen-bond acceptors (Lipinski definition) is 4. The summed E-state index contributed by atoms with van der Waals surface area (Å²) >= 11 is 1.19. The summed E-state index contributed by atoms with van der Waals surface area (Å²) in [5, 5.41) is 7.66. The van der Waals surface area contributed by atoms with E-state index < -0.39 is 17.6 Å². The van der Waals surface area contributed by atoms with Crippen LogP contribution < -0.4 is 5.32 Å². The highest BCUT2D eigenvalue weighted by Gasteiger charge is 2.30. The molecule has 4 aromatic rings. The number of amides is 1. The van der Waals surface area contributed by atoms with E-state index in [0.29, 0.717) is 5.03 Å². The Bertz CT molecular complexity index is 1240. The molecule has 0 aliphatic heterocycles. The zero-order chi connectivity index (χ0) is 22.0. The van der Waals surface area contributed by atoms with Crippen LogP contribution in [0.1, 0.15) is 11.1 Å². The van der Waals surface area contributed by atoms with Crippen molar-refractivity contribution < 1.29 is 18.0 Å². The van der Waals surface area contributed by atoms with Gasteiger partial charge in [0.05, 0.1) is 22.5 Å². The highest BCUT2D eigenvalue weighted by molar-refractivity contribution is 8.00. The van der Waals surface area contributed by atoms with Gasteiger partial charge in [0.2, 0.25) is 5.91 Å². The molecule has 2 aromatic heterocycles. The van der Waals surface area contributed by atoms with Crippen molar-refractivity contribution in [1.29, 1.82) is 0 Å². The fourth-order valence-electron chi connectivity index (χ4n) is 2.98. The van der Waals surface area contributed by atoms with Gasteiger partial charge in [0.1, 0.15) is 5.03 Å². The lowest BCUT2D eigenvalue weighted by molar-refractivity contribution is -0.137. The molecule has 0 saturated heterocycles. The summed E-state index contributed by atoms with van der Waals surface area (Å²) in [7, 11) is 0. The van der Waals surface area contributed by atoms with Crippen LogP contribution in [0.2, 0.25) is 0 Å². The molecule has 2 aromatic carbocycles. The third kappa shape index (κ3) is 4.88. The summed E-state index contributed by atoms with van der Waals surface area (Å²) in [4.78, 5) is 16.6. The fraction of sp³-hybridized carbons (Fsp3) is 0.136. The van der Waals surface area contributed by atoms with Crippen LogP contribution in [-0.2, 0) is 11.0 Å². The maximum Gasteiger partial charge on any atom is 0.416 e. The Balaban J connectivity index is 1.48. The van der Waals surface area contributed by atoms with Crippen molar-refractivity contribution in [3.8, 4) is 11.3 Å². The number of aromatic nitrogens is 3. The van der Waals surface area contributed by atoms with Crippen LogP contribution in [0.15, 0.2) is 72.0 Å². The van der Waals surface area contributed by atoms with Gasteiger partial charge in [-0.2, -0.15) is 18.3 Å². The molecule has 0 aliphatic rings. The van der Waals surface area contributed by atoms with Gasteiger partial charge in [-0.1, -0.05) is 47.7 Å². The molecule has 9 heteroatoms. The summed E-state index contributed by atoms with van der Waals surface area (Å²) in [6, 6.07) is 14.4. The zero-order valence-electron chi connectivity index (χ0n) is 16.3. The number of aryl methyl sites for hydroxylation is 1. The molecule has 0 radical (unpaired) electrons. The molecule has 158 valence electrons. The number of carbonyl (C=O) groups excluding carboxylic acids is 1. The number of halogens is 3. The minimum absolute atomic E-state index is 0.00599. The summed E-state index contributed by atoms with van der Waals surface area (Å²) < 4.78 is 40.2. The van der Waals surface area contributed by atoms with Crippen molar-refractivity contribution in [3.63, 3.8) is 0 Å². The van der Waals surface area contributed by atoms with Crippen LogP contribution in [0.5, 0.6) is 0 Å². The van der Waals surface area contributed by atoms with Gasteiger partial charge < -0.3 is 5.32 Å². The SMILES string of the molecule is Cc1ccc(-c2cc3c(SCC(=O)Nc4cccc(C(F)(F)F)c4)nccn3n2)cc1. The normalized spacial score (nSPS) is 11.6. The molecule has 5 nitrogen and oxygen atoms in total. The van der Waals surface area contributed by atoms with E-state index in [9.17, 15) is 18.0 Å². The number of fused-ring (bicyclic) bond motifs is 1. The quantitative estimate of drug-likeness (QED) is 0.418. The van der Waals surface area contributed by atoms with Gasteiger partial charge in [-0.25, -0.2) is 9.50 Å². The van der Waals surface area contributed by atoms with E-state index >= 15 is 0 Å². The van der Waals surface area contributed by atoms with Crippen molar-refractivity contribution in [1.82, 2.24) is 14.6 Å². The van der Waals surface area contributed by atoms with Crippen LogP contribution in [0.25, 0.3) is 16.8 Å². The molecule has 0 bridgehead atoms. The Morgan fingerprint density at radius 2 is 1.90 bits per heavy atom. The van der Waals surface area contributed by atoms with Crippen LogP contribution in [0, 0.1) is 6.92 Å². The van der Waals surface area contributed by atoms with E-state index in [4.69, 9.17) is 0 Å². The van der Waals surface area contributed by atoms with Gasteiger partial charge in [-0.15, -0.1) is 0 Å². The Kier molecular flexibility index (Phi) is 5.69. The Morgan fingerprint density at radius 1 is 1.13 bits per heavy atom. The number of benzene rings is 2. The molecule has 4 rings (SSSR count). The molecule has 0 fully saturated rings. The predicted molar refractivity (Wildman–Crippen MR) is 114 cm³/mol. The smallest absolute Gasteiger partial charge is 0.325 e. The minimum Gasteiger partial charge on any atom is -0.325 e. The molecule has 0 aliphatic carbocycles. The lowest BCUT2D eigenvalue weighted by Gasteiger charge is -2.09. The molecular weight excluding hydrogens is 425 g/mol. The molecular formula is C22H17F3N4OS. The molecule has 0 unspecified atom stereocenters. The van der Waals surface area contributed by atoms with Gasteiger partial charge in [0.15, 0.2) is 0 Å². The fourth-order valence-corrected chi connectivity index (χ4v) is 3.75. The number of nitrogens with one attached hydrogen (secondary N) is 1. The lowest BCUT2D eigenvalue weighted by Crippen LogP contribution is -2.15. The highest BCUT2D eigenvalue weighted by atomic mass is 32.2. The van der Waals surface area contributed by atoms with E-state index in [0.717, 1.165) is 34.5 Å². The van der Waals surface area contributed by atoms with Gasteiger partial charge in [-0.3, -0.25) is 4.79 Å². The maximum absolute atomic E-state index is 12.8. The number of alkyl halides is 3. The number of nitrogens with zero attached hydrogens (tertiary/aromatic N) is 3. The molecule has 0 spiro atoms. The third-order valence-electron chi connectivity index (χ3n) is 4.52. The van der Waals surface area contributed by atoms with E-state index in [-0.39, 0.29) is 11.4 Å². The topological polar surface area (TPSA) is 59.3 Å². The summed E-state index contributed by atoms with van der Waals surface area (Å²) in [6.45, 7) is 2.01. The Labute approximate surface area is 180 Å². The van der Waals surface area contributed by atoms with Crippen molar-refractivity contribution in [2.75, 3.05) is 11.1 Å². The molecule has 31 heavy (non-hydrogen) atoms. The standard InChI is InChI=1S/C22H17F3N4OS/c1-14-5-7-15(8-6-14)18-12-19-21(26-9-10-29(19)28-18)31-13-20(30)27-17-4-2-3-16(11-17)22(23,24)25/h2-12H,13H2,1H3,(H,27,30). The second kappa shape index (κ2) is 8.43. The van der Waals surface area contributed by atoms with Crippen LogP contribution in [-0.4, -0.2) is 26.3 Å². The van der Waals surface area contributed by atoms with Crippen LogP contribution >= 0.6 is 11.8 Å². The number of thioether (sulfide) groups is 1. The molecule has 1 amide bonds. The summed E-state index contributed by atoms with van der Waals surface area (Å²) in [5.41, 5.74) is 2.92. The van der Waals surface area contributed by atoms with Gasteiger partial charge >= 0.3 is 6.18 Å². The largest absolute Gasteiger partial charge is 0.416 e. The minimum atomic E-state index is -4.47. The zero-order valence-corrected chi connectivity index (χ0v) is 17.2. The average Bonchev–Trinajstić information content (AvgIpc) is 3.17. The van der Waals surface area contributed by atoms with E-state index in [2.05, 4.69) is 15.4 Å². The number of rotatable bonds is 5.